The minimum atomic E-state index is -2.01. The van der Waals surface area contributed by atoms with Crippen LogP contribution in [-0.2, 0) is 15.0 Å². The molecule has 0 aromatic heterocycles. The molecular weight excluding hydrogens is 212 g/mol. The first-order valence-electron chi connectivity index (χ1n) is 4.55. The lowest BCUT2D eigenvalue weighted by molar-refractivity contribution is -0.156. The Hall–Kier alpha value is -2.04. The van der Waals surface area contributed by atoms with E-state index in [1.54, 1.807) is 12.1 Å². The van der Waals surface area contributed by atoms with Gasteiger partial charge in [-0.1, -0.05) is 18.2 Å². The Bertz CT molecular complexity index is 410. The maximum absolute atomic E-state index is 11.1. The van der Waals surface area contributed by atoms with Gasteiger partial charge in [0.2, 0.25) is 0 Å². The summed E-state index contributed by atoms with van der Waals surface area (Å²) in [6.45, 7) is 1.13. The molecule has 1 aromatic carbocycles. The second-order valence-corrected chi connectivity index (χ2v) is 3.44. The molecule has 0 radical (unpaired) electrons. The van der Waals surface area contributed by atoms with Gasteiger partial charge < -0.3 is 14.9 Å². The van der Waals surface area contributed by atoms with E-state index >= 15 is 0 Å². The molecule has 0 saturated heterocycles. The average molecular weight is 224 g/mol. The summed E-state index contributed by atoms with van der Waals surface area (Å²) in [5.41, 5.74) is -1.88. The third kappa shape index (κ3) is 1.71. The molecule has 16 heavy (non-hydrogen) atoms. The van der Waals surface area contributed by atoms with Crippen molar-refractivity contribution in [2.24, 2.45) is 0 Å². The number of carboxylic acid groups (broad SMARTS) is 2. The van der Waals surface area contributed by atoms with Crippen molar-refractivity contribution in [3.05, 3.63) is 29.8 Å². The van der Waals surface area contributed by atoms with Gasteiger partial charge in [0.25, 0.3) is 0 Å². The fraction of sp³-hybridized carbons (Fsp3) is 0.273. The van der Waals surface area contributed by atoms with Crippen LogP contribution in [0.15, 0.2) is 24.3 Å². The monoisotopic (exact) mass is 224 g/mol. The van der Waals surface area contributed by atoms with Crippen LogP contribution in [0.5, 0.6) is 5.75 Å². The maximum atomic E-state index is 11.1. The predicted octanol–water partition coefficient (Wildman–Crippen LogP) is 1.12. The first kappa shape index (κ1) is 12.0. The van der Waals surface area contributed by atoms with Crippen LogP contribution in [0.3, 0.4) is 0 Å². The number of rotatable bonds is 4. The summed E-state index contributed by atoms with van der Waals surface area (Å²) in [5.74, 6) is -2.61. The van der Waals surface area contributed by atoms with Crippen LogP contribution in [0.4, 0.5) is 0 Å². The van der Waals surface area contributed by atoms with Crippen molar-refractivity contribution in [3.8, 4) is 5.75 Å². The van der Waals surface area contributed by atoms with E-state index in [1.807, 2.05) is 0 Å². The number of para-hydroxylation sites is 1. The number of aliphatic carboxylic acids is 2. The fourth-order valence-electron chi connectivity index (χ4n) is 1.38. The number of hydrogen-bond donors (Lipinski definition) is 2. The maximum Gasteiger partial charge on any atom is 0.325 e. The summed E-state index contributed by atoms with van der Waals surface area (Å²) < 4.78 is 4.97. The van der Waals surface area contributed by atoms with Crippen LogP contribution in [-0.4, -0.2) is 29.3 Å². The Labute approximate surface area is 92.3 Å². The SMILES string of the molecule is COc1ccccc1C(C)(C(=O)O)C(=O)O. The van der Waals surface area contributed by atoms with Crippen molar-refractivity contribution >= 4 is 11.9 Å². The summed E-state index contributed by atoms with van der Waals surface area (Å²) >= 11 is 0. The first-order valence-corrected chi connectivity index (χ1v) is 4.55. The second-order valence-electron chi connectivity index (χ2n) is 3.44. The molecule has 1 aromatic rings. The molecular formula is C11H12O5. The van der Waals surface area contributed by atoms with Gasteiger partial charge in [0.1, 0.15) is 5.75 Å². The fourth-order valence-corrected chi connectivity index (χ4v) is 1.38. The molecule has 2 N–H and O–H groups in total. The van der Waals surface area contributed by atoms with E-state index in [0.29, 0.717) is 0 Å². The molecule has 5 nitrogen and oxygen atoms in total. The summed E-state index contributed by atoms with van der Waals surface area (Å²) in [5, 5.41) is 18.1. The van der Waals surface area contributed by atoms with Crippen LogP contribution in [0, 0.1) is 0 Å². The highest BCUT2D eigenvalue weighted by molar-refractivity contribution is 6.04. The molecule has 0 unspecified atom stereocenters. The molecule has 0 fully saturated rings. The minimum absolute atomic E-state index is 0.123. The summed E-state index contributed by atoms with van der Waals surface area (Å²) in [6, 6.07) is 6.18. The molecule has 0 aliphatic carbocycles. The van der Waals surface area contributed by atoms with E-state index in [9.17, 15) is 9.59 Å². The van der Waals surface area contributed by atoms with Crippen molar-refractivity contribution in [2.75, 3.05) is 7.11 Å². The topological polar surface area (TPSA) is 83.8 Å². The van der Waals surface area contributed by atoms with Gasteiger partial charge >= 0.3 is 11.9 Å². The van der Waals surface area contributed by atoms with Crippen LogP contribution < -0.4 is 4.74 Å². The molecule has 1 rings (SSSR count). The molecule has 0 aliphatic rings. The molecule has 0 aliphatic heterocycles. The number of hydrogen-bond acceptors (Lipinski definition) is 3. The van der Waals surface area contributed by atoms with E-state index in [4.69, 9.17) is 14.9 Å². The summed E-state index contributed by atoms with van der Waals surface area (Å²) in [6.07, 6.45) is 0. The highest BCUT2D eigenvalue weighted by Gasteiger charge is 2.45. The lowest BCUT2D eigenvalue weighted by Gasteiger charge is -2.22. The van der Waals surface area contributed by atoms with Crippen molar-refractivity contribution in [1.82, 2.24) is 0 Å². The van der Waals surface area contributed by atoms with E-state index in [2.05, 4.69) is 0 Å². The number of carbonyl (C=O) groups is 2. The van der Waals surface area contributed by atoms with Gasteiger partial charge in [-0.2, -0.15) is 0 Å². The van der Waals surface area contributed by atoms with Crippen molar-refractivity contribution < 1.29 is 24.5 Å². The van der Waals surface area contributed by atoms with Gasteiger partial charge in [0, 0.05) is 5.56 Å². The van der Waals surface area contributed by atoms with Gasteiger partial charge in [-0.05, 0) is 13.0 Å². The van der Waals surface area contributed by atoms with E-state index < -0.39 is 17.4 Å². The number of carboxylic acids is 2. The van der Waals surface area contributed by atoms with Gasteiger partial charge in [0.15, 0.2) is 5.41 Å². The third-order valence-electron chi connectivity index (χ3n) is 2.50. The zero-order valence-corrected chi connectivity index (χ0v) is 8.93. The summed E-state index contributed by atoms with van der Waals surface area (Å²) in [7, 11) is 1.36. The van der Waals surface area contributed by atoms with Crippen molar-refractivity contribution in [1.29, 1.82) is 0 Å². The van der Waals surface area contributed by atoms with E-state index in [1.165, 1.54) is 19.2 Å². The number of methoxy groups -OCH3 is 1. The van der Waals surface area contributed by atoms with Crippen molar-refractivity contribution in [2.45, 2.75) is 12.3 Å². The average Bonchev–Trinajstić information content (AvgIpc) is 2.27. The number of ether oxygens (including phenoxy) is 1. The summed E-state index contributed by atoms with van der Waals surface area (Å²) in [4.78, 5) is 22.2. The molecule has 0 spiro atoms. The molecule has 86 valence electrons. The predicted molar refractivity (Wildman–Crippen MR) is 55.6 cm³/mol. The van der Waals surface area contributed by atoms with Gasteiger partial charge in [-0.15, -0.1) is 0 Å². The normalized spacial score (nSPS) is 10.9. The van der Waals surface area contributed by atoms with Crippen LogP contribution in [0.1, 0.15) is 12.5 Å². The lowest BCUT2D eigenvalue weighted by Crippen LogP contribution is -2.41. The van der Waals surface area contributed by atoms with Crippen molar-refractivity contribution in [3.63, 3.8) is 0 Å². The molecule has 0 heterocycles. The largest absolute Gasteiger partial charge is 0.496 e. The van der Waals surface area contributed by atoms with E-state index in [0.717, 1.165) is 6.92 Å². The Balaban J connectivity index is 3.43. The van der Waals surface area contributed by atoms with E-state index in [-0.39, 0.29) is 11.3 Å². The Morgan fingerprint density at radius 3 is 2.12 bits per heavy atom. The van der Waals surface area contributed by atoms with Crippen LogP contribution in [0.25, 0.3) is 0 Å². The van der Waals surface area contributed by atoms with Gasteiger partial charge in [-0.25, -0.2) is 0 Å². The lowest BCUT2D eigenvalue weighted by atomic mass is 9.82. The molecule has 0 atom stereocenters. The Morgan fingerprint density at radius 2 is 1.69 bits per heavy atom. The van der Waals surface area contributed by atoms with Gasteiger partial charge in [-0.3, -0.25) is 9.59 Å². The van der Waals surface area contributed by atoms with Gasteiger partial charge in [0.05, 0.1) is 7.11 Å². The quantitative estimate of drug-likeness (QED) is 0.749. The highest BCUT2D eigenvalue weighted by atomic mass is 16.5. The minimum Gasteiger partial charge on any atom is -0.496 e. The van der Waals surface area contributed by atoms with Crippen LogP contribution in [0.2, 0.25) is 0 Å². The zero-order valence-electron chi connectivity index (χ0n) is 8.93. The third-order valence-corrected chi connectivity index (χ3v) is 2.50. The highest BCUT2D eigenvalue weighted by Crippen LogP contribution is 2.32. The molecule has 0 bridgehead atoms. The molecule has 5 heteroatoms. The molecule has 0 amide bonds. The van der Waals surface area contributed by atoms with Crippen LogP contribution >= 0.6 is 0 Å². The first-order chi connectivity index (χ1) is 7.44. The number of benzene rings is 1. The zero-order chi connectivity index (χ0) is 12.3. The smallest absolute Gasteiger partial charge is 0.325 e. The second kappa shape index (κ2) is 4.22. The standard InChI is InChI=1S/C11H12O5/c1-11(9(12)13,10(14)15)7-5-3-4-6-8(7)16-2/h3-6H,1-2H3,(H,12,13)(H,14,15). The Morgan fingerprint density at radius 1 is 1.19 bits per heavy atom. The molecule has 0 saturated carbocycles. The Kier molecular flexibility index (Phi) is 3.17.